The van der Waals surface area contributed by atoms with E-state index in [1.807, 2.05) is 37.3 Å². The summed E-state index contributed by atoms with van der Waals surface area (Å²) in [5.74, 6) is 0. The van der Waals surface area contributed by atoms with Crippen LogP contribution in [0.2, 0.25) is 0 Å². The first-order chi connectivity index (χ1) is 11.5. The van der Waals surface area contributed by atoms with Gasteiger partial charge in [0.25, 0.3) is 0 Å². The van der Waals surface area contributed by atoms with Gasteiger partial charge in [0.1, 0.15) is 0 Å². The number of rotatable bonds is 5. The Bertz CT molecular complexity index is 776. The number of anilines is 1. The van der Waals surface area contributed by atoms with Crippen molar-refractivity contribution in [3.8, 4) is 0 Å². The minimum atomic E-state index is -3.56. The van der Waals surface area contributed by atoms with Crippen LogP contribution in [0.3, 0.4) is 0 Å². The lowest BCUT2D eigenvalue weighted by Crippen LogP contribution is -2.37. The maximum atomic E-state index is 12.5. The van der Waals surface area contributed by atoms with E-state index in [9.17, 15) is 13.5 Å². The van der Waals surface area contributed by atoms with Crippen molar-refractivity contribution in [2.45, 2.75) is 30.3 Å². The molecule has 2 atom stereocenters. The maximum Gasteiger partial charge on any atom is 0.240 e. The zero-order valence-corrected chi connectivity index (χ0v) is 14.4. The first kappa shape index (κ1) is 17.0. The van der Waals surface area contributed by atoms with Crippen molar-refractivity contribution >= 4 is 15.7 Å². The van der Waals surface area contributed by atoms with Crippen LogP contribution in [0.15, 0.2) is 59.5 Å². The molecule has 128 valence electrons. The molecule has 5 nitrogen and oxygen atoms in total. The second kappa shape index (κ2) is 6.93. The molecule has 1 aliphatic heterocycles. The third-order valence-corrected chi connectivity index (χ3v) is 5.90. The molecule has 1 saturated heterocycles. The van der Waals surface area contributed by atoms with Gasteiger partial charge >= 0.3 is 0 Å². The smallest absolute Gasteiger partial charge is 0.240 e. The minimum Gasteiger partial charge on any atom is -0.394 e. The Labute approximate surface area is 143 Å². The van der Waals surface area contributed by atoms with E-state index >= 15 is 0 Å². The van der Waals surface area contributed by atoms with Gasteiger partial charge in [-0.2, -0.15) is 0 Å². The Balaban J connectivity index is 1.75. The van der Waals surface area contributed by atoms with E-state index in [-0.39, 0.29) is 23.6 Å². The quantitative estimate of drug-likeness (QED) is 0.868. The molecule has 0 aromatic heterocycles. The van der Waals surface area contributed by atoms with E-state index in [2.05, 4.69) is 9.62 Å². The fraction of sp³-hybridized carbons (Fsp3) is 0.333. The number of para-hydroxylation sites is 1. The number of hydrogen-bond donors (Lipinski definition) is 2. The van der Waals surface area contributed by atoms with E-state index in [1.165, 1.54) is 0 Å². The molecule has 6 heteroatoms. The summed E-state index contributed by atoms with van der Waals surface area (Å²) in [6, 6.07) is 16.2. The highest BCUT2D eigenvalue weighted by Crippen LogP contribution is 2.26. The van der Waals surface area contributed by atoms with Crippen LogP contribution in [0.25, 0.3) is 0 Å². The largest absolute Gasteiger partial charge is 0.394 e. The third-order valence-electron chi connectivity index (χ3n) is 4.37. The van der Waals surface area contributed by atoms with E-state index in [1.54, 1.807) is 24.3 Å². The highest BCUT2D eigenvalue weighted by molar-refractivity contribution is 7.89. The summed E-state index contributed by atoms with van der Waals surface area (Å²) in [5.41, 5.74) is 2.01. The second-order valence-electron chi connectivity index (χ2n) is 6.19. The van der Waals surface area contributed by atoms with E-state index in [0.717, 1.165) is 11.3 Å². The zero-order chi connectivity index (χ0) is 17.2. The molecule has 1 fully saturated rings. The van der Waals surface area contributed by atoms with Crippen LogP contribution in [0, 0.1) is 6.92 Å². The van der Waals surface area contributed by atoms with Gasteiger partial charge in [-0.25, -0.2) is 13.1 Å². The summed E-state index contributed by atoms with van der Waals surface area (Å²) in [5, 5.41) is 9.64. The number of benzene rings is 2. The molecule has 0 unspecified atom stereocenters. The molecule has 1 aliphatic rings. The number of hydrogen-bond acceptors (Lipinski definition) is 4. The van der Waals surface area contributed by atoms with Crippen LogP contribution in [0.1, 0.15) is 12.0 Å². The van der Waals surface area contributed by atoms with Gasteiger partial charge in [-0.05, 0) is 37.6 Å². The summed E-state index contributed by atoms with van der Waals surface area (Å²) >= 11 is 0. The summed E-state index contributed by atoms with van der Waals surface area (Å²) in [6.45, 7) is 2.46. The fourth-order valence-corrected chi connectivity index (χ4v) is 4.36. The molecule has 2 N–H and O–H groups in total. The predicted octanol–water partition coefficient (Wildman–Crippen LogP) is 1.91. The monoisotopic (exact) mass is 346 g/mol. The van der Waals surface area contributed by atoms with Gasteiger partial charge in [-0.15, -0.1) is 0 Å². The molecular formula is C18H22N2O3S. The van der Waals surface area contributed by atoms with Gasteiger partial charge in [-0.3, -0.25) is 0 Å². The molecule has 24 heavy (non-hydrogen) atoms. The van der Waals surface area contributed by atoms with Crippen molar-refractivity contribution in [2.24, 2.45) is 0 Å². The van der Waals surface area contributed by atoms with E-state index in [0.29, 0.717) is 13.0 Å². The van der Waals surface area contributed by atoms with Crippen molar-refractivity contribution in [3.63, 3.8) is 0 Å². The van der Waals surface area contributed by atoms with Crippen molar-refractivity contribution in [1.82, 2.24) is 4.72 Å². The average molecular weight is 346 g/mol. The molecule has 1 heterocycles. The Kier molecular flexibility index (Phi) is 4.89. The predicted molar refractivity (Wildman–Crippen MR) is 94.6 cm³/mol. The molecule has 0 radical (unpaired) electrons. The molecule has 0 aliphatic carbocycles. The Hall–Kier alpha value is -1.89. The van der Waals surface area contributed by atoms with E-state index < -0.39 is 10.0 Å². The van der Waals surface area contributed by atoms with E-state index in [4.69, 9.17) is 0 Å². The summed E-state index contributed by atoms with van der Waals surface area (Å²) in [7, 11) is -3.56. The lowest BCUT2D eigenvalue weighted by Gasteiger charge is -2.25. The van der Waals surface area contributed by atoms with Crippen LogP contribution >= 0.6 is 0 Å². The molecule has 2 aromatic carbocycles. The van der Waals surface area contributed by atoms with Crippen molar-refractivity contribution in [1.29, 1.82) is 0 Å². The highest BCUT2D eigenvalue weighted by Gasteiger charge is 2.34. The maximum absolute atomic E-state index is 12.5. The number of aryl methyl sites for hydroxylation is 1. The lowest BCUT2D eigenvalue weighted by molar-refractivity contribution is 0.265. The Morgan fingerprint density at radius 3 is 2.42 bits per heavy atom. The van der Waals surface area contributed by atoms with Crippen molar-refractivity contribution in [2.75, 3.05) is 18.1 Å². The summed E-state index contributed by atoms with van der Waals surface area (Å²) < 4.78 is 27.9. The molecule has 0 bridgehead atoms. The number of aliphatic hydroxyl groups is 1. The Morgan fingerprint density at radius 1 is 1.12 bits per heavy atom. The van der Waals surface area contributed by atoms with Gasteiger partial charge in [0.2, 0.25) is 10.0 Å². The molecule has 3 rings (SSSR count). The van der Waals surface area contributed by atoms with Gasteiger partial charge in [-0.1, -0.05) is 35.9 Å². The minimum absolute atomic E-state index is 0.00233. The van der Waals surface area contributed by atoms with Crippen LogP contribution in [0.4, 0.5) is 5.69 Å². The summed E-state index contributed by atoms with van der Waals surface area (Å²) in [4.78, 5) is 2.33. The normalized spacial score (nSPS) is 21.2. The molecule has 2 aromatic rings. The first-order valence-corrected chi connectivity index (χ1v) is 9.49. The topological polar surface area (TPSA) is 69.6 Å². The van der Waals surface area contributed by atoms with Gasteiger partial charge < -0.3 is 10.0 Å². The SMILES string of the molecule is Cc1ccc(S(=O)(=O)N[C@H]2C[C@@H](CO)N(c3ccccc3)C2)cc1. The standard InChI is InChI=1S/C18H22N2O3S/c1-14-7-9-18(10-8-14)24(22,23)19-15-11-17(13-21)20(12-15)16-5-3-2-4-6-16/h2-10,15,17,19,21H,11-13H2,1H3/t15-,17-/m0/s1. The van der Waals surface area contributed by atoms with Gasteiger partial charge in [0.15, 0.2) is 0 Å². The summed E-state index contributed by atoms with van der Waals surface area (Å²) in [6.07, 6.45) is 0.580. The van der Waals surface area contributed by atoms with Crippen LogP contribution < -0.4 is 9.62 Å². The van der Waals surface area contributed by atoms with Crippen LogP contribution in [-0.2, 0) is 10.0 Å². The third kappa shape index (κ3) is 3.61. The molecule has 0 saturated carbocycles. The van der Waals surface area contributed by atoms with Gasteiger partial charge in [0, 0.05) is 18.3 Å². The van der Waals surface area contributed by atoms with Crippen LogP contribution in [0.5, 0.6) is 0 Å². The first-order valence-electron chi connectivity index (χ1n) is 8.01. The molecular weight excluding hydrogens is 324 g/mol. The highest BCUT2D eigenvalue weighted by atomic mass is 32.2. The van der Waals surface area contributed by atoms with Crippen molar-refractivity contribution in [3.05, 3.63) is 60.2 Å². The van der Waals surface area contributed by atoms with Gasteiger partial charge in [0.05, 0.1) is 17.5 Å². The number of nitrogens with zero attached hydrogens (tertiary/aromatic N) is 1. The number of aliphatic hydroxyl groups excluding tert-OH is 1. The Morgan fingerprint density at radius 2 is 1.79 bits per heavy atom. The number of sulfonamides is 1. The fourth-order valence-electron chi connectivity index (χ4n) is 3.12. The molecule has 0 amide bonds. The average Bonchev–Trinajstić information content (AvgIpc) is 2.98. The van der Waals surface area contributed by atoms with Crippen molar-refractivity contribution < 1.29 is 13.5 Å². The molecule has 0 spiro atoms. The lowest BCUT2D eigenvalue weighted by atomic mass is 10.2. The zero-order valence-electron chi connectivity index (χ0n) is 13.6. The second-order valence-corrected chi connectivity index (χ2v) is 7.91. The van der Waals surface area contributed by atoms with Crippen LogP contribution in [-0.4, -0.2) is 38.8 Å². The number of nitrogens with one attached hydrogen (secondary N) is 1.